The molecule has 0 aromatic heterocycles. The van der Waals surface area contributed by atoms with Gasteiger partial charge in [-0.3, -0.25) is 24.2 Å². The second kappa shape index (κ2) is 8.71. The van der Waals surface area contributed by atoms with Crippen LogP contribution in [0.2, 0.25) is 0 Å². The number of nitrogens with zero attached hydrogens (tertiary/aromatic N) is 4. The lowest BCUT2D eigenvalue weighted by Gasteiger charge is -2.44. The van der Waals surface area contributed by atoms with E-state index in [-0.39, 0.29) is 41.2 Å². The molecule has 9 heteroatoms. The Bertz CT molecular complexity index is 784. The number of thioether (sulfide) groups is 1. The Labute approximate surface area is 173 Å². The molecule has 3 aliphatic rings. The summed E-state index contributed by atoms with van der Waals surface area (Å²) in [5.41, 5.74) is 0.644. The van der Waals surface area contributed by atoms with Gasteiger partial charge in [-0.05, 0) is 25.0 Å². The van der Waals surface area contributed by atoms with Crippen LogP contribution in [0.4, 0.5) is 14.9 Å². The summed E-state index contributed by atoms with van der Waals surface area (Å²) in [6.45, 7) is 4.26. The van der Waals surface area contributed by atoms with Crippen LogP contribution in [0.25, 0.3) is 0 Å². The van der Waals surface area contributed by atoms with Crippen molar-refractivity contribution >= 4 is 34.5 Å². The number of carbonyl (C=O) groups is 3. The second-order valence-electron chi connectivity index (χ2n) is 7.64. The van der Waals surface area contributed by atoms with Crippen molar-refractivity contribution < 1.29 is 18.8 Å². The molecule has 0 N–H and O–H groups in total. The molecular formula is C20H25FN4O3S. The van der Waals surface area contributed by atoms with Crippen LogP contribution < -0.4 is 4.90 Å². The SMILES string of the molecule is O=C(CN1C(=O)CSC1=O)N1CCC[C@H](N2CCN(c3ccccc3F)CC2)C1. The van der Waals surface area contributed by atoms with E-state index in [1.54, 1.807) is 11.0 Å². The number of likely N-dealkylation sites (tertiary alicyclic amines) is 1. The maximum absolute atomic E-state index is 14.0. The van der Waals surface area contributed by atoms with E-state index in [2.05, 4.69) is 9.80 Å². The number of hydrogen-bond acceptors (Lipinski definition) is 6. The number of hydrogen-bond donors (Lipinski definition) is 0. The summed E-state index contributed by atoms with van der Waals surface area (Å²) in [5.74, 6) is -0.518. The molecule has 1 aromatic carbocycles. The number of piperidine rings is 1. The maximum Gasteiger partial charge on any atom is 0.289 e. The fraction of sp³-hybridized carbons (Fsp3) is 0.550. The van der Waals surface area contributed by atoms with Crippen LogP contribution in [0, 0.1) is 5.82 Å². The number of benzene rings is 1. The second-order valence-corrected chi connectivity index (χ2v) is 8.57. The Balaban J connectivity index is 1.31. The highest BCUT2D eigenvalue weighted by Gasteiger charge is 2.35. The standard InChI is InChI=1S/C20H25FN4O3S/c21-16-5-1-2-6-17(16)23-10-8-22(9-11-23)15-4-3-7-24(12-15)18(26)13-25-19(27)14-29-20(25)28/h1-2,5-6,15H,3-4,7-14H2/t15-/m0/s1. The molecule has 4 rings (SSSR count). The van der Waals surface area contributed by atoms with Gasteiger partial charge in [0.25, 0.3) is 5.24 Å². The molecular weight excluding hydrogens is 395 g/mol. The highest BCUT2D eigenvalue weighted by molar-refractivity contribution is 8.14. The van der Waals surface area contributed by atoms with Crippen molar-refractivity contribution in [2.75, 3.05) is 56.5 Å². The molecule has 1 atom stereocenters. The van der Waals surface area contributed by atoms with E-state index >= 15 is 0 Å². The largest absolute Gasteiger partial charge is 0.367 e. The van der Waals surface area contributed by atoms with E-state index in [1.807, 2.05) is 12.1 Å². The van der Waals surface area contributed by atoms with E-state index in [0.29, 0.717) is 18.8 Å². The number of carbonyl (C=O) groups excluding carboxylic acids is 3. The van der Waals surface area contributed by atoms with Crippen LogP contribution >= 0.6 is 11.8 Å². The average molecular weight is 421 g/mol. The van der Waals surface area contributed by atoms with Gasteiger partial charge in [-0.15, -0.1) is 0 Å². The molecule has 0 spiro atoms. The minimum atomic E-state index is -0.332. The van der Waals surface area contributed by atoms with Gasteiger partial charge < -0.3 is 9.80 Å². The molecule has 156 valence electrons. The van der Waals surface area contributed by atoms with E-state index in [0.717, 1.165) is 55.7 Å². The van der Waals surface area contributed by atoms with Crippen molar-refractivity contribution in [2.45, 2.75) is 18.9 Å². The summed E-state index contributed by atoms with van der Waals surface area (Å²) in [5, 5.41) is -0.332. The van der Waals surface area contributed by atoms with E-state index < -0.39 is 0 Å². The number of para-hydroxylation sites is 1. The normalized spacial score (nSPS) is 23.8. The summed E-state index contributed by atoms with van der Waals surface area (Å²) in [7, 11) is 0. The van der Waals surface area contributed by atoms with Crippen molar-refractivity contribution in [1.82, 2.24) is 14.7 Å². The Morgan fingerprint density at radius 3 is 2.55 bits per heavy atom. The Kier molecular flexibility index (Phi) is 6.05. The van der Waals surface area contributed by atoms with E-state index in [9.17, 15) is 18.8 Å². The summed E-state index contributed by atoms with van der Waals surface area (Å²) in [6.07, 6.45) is 1.92. The molecule has 0 radical (unpaired) electrons. The van der Waals surface area contributed by atoms with Crippen LogP contribution in [0.3, 0.4) is 0 Å². The number of piperazine rings is 1. The van der Waals surface area contributed by atoms with Crippen LogP contribution in [0.1, 0.15) is 12.8 Å². The van der Waals surface area contributed by atoms with Crippen molar-refractivity contribution in [3.8, 4) is 0 Å². The summed E-state index contributed by atoms with van der Waals surface area (Å²) in [6, 6.07) is 7.11. The molecule has 3 fully saturated rings. The van der Waals surface area contributed by atoms with Crippen LogP contribution in [0.15, 0.2) is 24.3 Å². The minimum absolute atomic E-state index is 0.126. The Morgan fingerprint density at radius 1 is 1.10 bits per heavy atom. The summed E-state index contributed by atoms with van der Waals surface area (Å²) in [4.78, 5) is 43.4. The molecule has 3 aliphatic heterocycles. The van der Waals surface area contributed by atoms with Gasteiger partial charge >= 0.3 is 0 Å². The first-order chi connectivity index (χ1) is 14.0. The van der Waals surface area contributed by atoms with Crippen LogP contribution in [0.5, 0.6) is 0 Å². The van der Waals surface area contributed by atoms with Gasteiger partial charge in [0, 0.05) is 45.3 Å². The third-order valence-corrected chi connectivity index (χ3v) is 6.77. The average Bonchev–Trinajstić information content (AvgIpc) is 3.06. The third-order valence-electron chi connectivity index (χ3n) is 5.91. The monoisotopic (exact) mass is 420 g/mol. The van der Waals surface area contributed by atoms with Gasteiger partial charge in [0.1, 0.15) is 12.4 Å². The topological polar surface area (TPSA) is 64.2 Å². The fourth-order valence-electron chi connectivity index (χ4n) is 4.28. The van der Waals surface area contributed by atoms with Gasteiger partial charge in [-0.2, -0.15) is 0 Å². The molecule has 29 heavy (non-hydrogen) atoms. The first-order valence-corrected chi connectivity index (χ1v) is 11.0. The smallest absolute Gasteiger partial charge is 0.289 e. The molecule has 3 saturated heterocycles. The van der Waals surface area contributed by atoms with Gasteiger partial charge in [0.15, 0.2) is 0 Å². The molecule has 0 saturated carbocycles. The first-order valence-electron chi connectivity index (χ1n) is 10.0. The van der Waals surface area contributed by atoms with Gasteiger partial charge in [-0.25, -0.2) is 4.39 Å². The molecule has 1 aromatic rings. The number of anilines is 1. The molecule has 0 unspecified atom stereocenters. The third kappa shape index (κ3) is 4.40. The predicted molar refractivity (Wildman–Crippen MR) is 109 cm³/mol. The quantitative estimate of drug-likeness (QED) is 0.738. The van der Waals surface area contributed by atoms with Gasteiger partial charge in [-0.1, -0.05) is 23.9 Å². The highest BCUT2D eigenvalue weighted by Crippen LogP contribution is 2.24. The predicted octanol–water partition coefficient (Wildman–Crippen LogP) is 1.63. The molecule has 0 bridgehead atoms. The van der Waals surface area contributed by atoms with Crippen molar-refractivity contribution in [2.24, 2.45) is 0 Å². The number of imide groups is 1. The van der Waals surface area contributed by atoms with Crippen LogP contribution in [-0.2, 0) is 9.59 Å². The Morgan fingerprint density at radius 2 is 1.86 bits per heavy atom. The molecule has 0 aliphatic carbocycles. The van der Waals surface area contributed by atoms with Gasteiger partial charge in [0.05, 0.1) is 11.4 Å². The van der Waals surface area contributed by atoms with Crippen LogP contribution in [-0.4, -0.2) is 89.4 Å². The zero-order chi connectivity index (χ0) is 20.4. The number of amides is 3. The van der Waals surface area contributed by atoms with Crippen molar-refractivity contribution in [3.05, 3.63) is 30.1 Å². The van der Waals surface area contributed by atoms with Crippen molar-refractivity contribution in [1.29, 1.82) is 0 Å². The summed E-state index contributed by atoms with van der Waals surface area (Å²) < 4.78 is 14.0. The zero-order valence-corrected chi connectivity index (χ0v) is 17.1. The Hall–Kier alpha value is -2.13. The number of rotatable bonds is 4. The lowest BCUT2D eigenvalue weighted by molar-refractivity contribution is -0.138. The lowest BCUT2D eigenvalue weighted by atomic mass is 10.0. The van der Waals surface area contributed by atoms with Gasteiger partial charge in [0.2, 0.25) is 11.8 Å². The molecule has 3 heterocycles. The van der Waals surface area contributed by atoms with E-state index in [4.69, 9.17) is 0 Å². The highest BCUT2D eigenvalue weighted by atomic mass is 32.2. The lowest BCUT2D eigenvalue weighted by Crippen LogP contribution is -2.56. The first kappa shape index (κ1) is 20.2. The number of halogens is 1. The fourth-order valence-corrected chi connectivity index (χ4v) is 5.01. The van der Waals surface area contributed by atoms with E-state index in [1.165, 1.54) is 6.07 Å². The molecule has 3 amide bonds. The molecule has 7 nitrogen and oxygen atoms in total. The zero-order valence-electron chi connectivity index (χ0n) is 16.3. The minimum Gasteiger partial charge on any atom is -0.367 e. The van der Waals surface area contributed by atoms with Crippen molar-refractivity contribution in [3.63, 3.8) is 0 Å². The summed E-state index contributed by atoms with van der Waals surface area (Å²) >= 11 is 0.952. The maximum atomic E-state index is 14.0.